The fraction of sp³-hybridized carbons (Fsp3) is 0.316. The topological polar surface area (TPSA) is 91.8 Å². The molecule has 1 aromatic carbocycles. The predicted octanol–water partition coefficient (Wildman–Crippen LogP) is 1.51. The van der Waals surface area contributed by atoms with E-state index < -0.39 is 5.97 Å². The number of carboxylic acids is 1. The number of pyridine rings is 1. The lowest BCUT2D eigenvalue weighted by atomic mass is 10.1. The van der Waals surface area contributed by atoms with Gasteiger partial charge in [0, 0.05) is 43.5 Å². The van der Waals surface area contributed by atoms with Crippen molar-refractivity contribution in [3.05, 3.63) is 53.7 Å². The number of carboxylic acid groups (broad SMARTS) is 1. The van der Waals surface area contributed by atoms with Crippen LogP contribution in [0.4, 0.5) is 0 Å². The highest BCUT2D eigenvalue weighted by molar-refractivity contribution is 5.95. The summed E-state index contributed by atoms with van der Waals surface area (Å²) in [6.07, 6.45) is 1.31. The Morgan fingerprint density at radius 2 is 1.96 bits per heavy atom. The molecule has 2 N–H and O–H groups in total. The number of hydrogen-bond acceptors (Lipinski definition) is 5. The van der Waals surface area contributed by atoms with E-state index in [1.54, 1.807) is 24.3 Å². The quantitative estimate of drug-likeness (QED) is 0.816. The number of amides is 1. The number of nitrogens with zero attached hydrogens (tertiary/aromatic N) is 2. The van der Waals surface area contributed by atoms with Gasteiger partial charge in [0.05, 0.1) is 24.5 Å². The summed E-state index contributed by atoms with van der Waals surface area (Å²) in [7, 11) is 0. The fourth-order valence-electron chi connectivity index (χ4n) is 2.77. The van der Waals surface area contributed by atoms with Gasteiger partial charge >= 0.3 is 5.97 Å². The van der Waals surface area contributed by atoms with Crippen LogP contribution in [0.1, 0.15) is 20.7 Å². The maximum Gasteiger partial charge on any atom is 0.337 e. The number of aromatic nitrogens is 1. The van der Waals surface area contributed by atoms with Crippen molar-refractivity contribution in [1.29, 1.82) is 0 Å². The Bertz CT molecular complexity index is 771. The molecule has 1 aliphatic heterocycles. The molecule has 0 atom stereocenters. The van der Waals surface area contributed by atoms with Gasteiger partial charge in [-0.3, -0.25) is 14.7 Å². The minimum Gasteiger partial charge on any atom is -0.478 e. The summed E-state index contributed by atoms with van der Waals surface area (Å²) in [5.41, 5.74) is 2.07. The maximum absolute atomic E-state index is 12.4. The second-order valence-electron chi connectivity index (χ2n) is 6.03. The number of nitrogens with one attached hydrogen (secondary N) is 1. The number of carbonyl (C=O) groups excluding carboxylic acids is 1. The minimum absolute atomic E-state index is 0.130. The van der Waals surface area contributed by atoms with E-state index in [9.17, 15) is 9.59 Å². The Labute approximate surface area is 151 Å². The lowest BCUT2D eigenvalue weighted by Gasteiger charge is -2.26. The van der Waals surface area contributed by atoms with Crippen LogP contribution in [0.15, 0.2) is 42.6 Å². The zero-order valence-corrected chi connectivity index (χ0v) is 14.4. The summed E-state index contributed by atoms with van der Waals surface area (Å²) in [4.78, 5) is 29.7. The third-order valence-electron chi connectivity index (χ3n) is 4.25. The fourth-order valence-corrected chi connectivity index (χ4v) is 2.77. The van der Waals surface area contributed by atoms with E-state index in [2.05, 4.69) is 15.2 Å². The van der Waals surface area contributed by atoms with Gasteiger partial charge in [0.25, 0.3) is 5.91 Å². The van der Waals surface area contributed by atoms with Crippen molar-refractivity contribution >= 4 is 11.9 Å². The number of ether oxygens (including phenoxy) is 1. The maximum atomic E-state index is 12.4. The van der Waals surface area contributed by atoms with Gasteiger partial charge in [0.1, 0.15) is 0 Å². The van der Waals surface area contributed by atoms with Crippen molar-refractivity contribution in [3.63, 3.8) is 0 Å². The molecule has 1 saturated heterocycles. The minimum atomic E-state index is -1.02. The Morgan fingerprint density at radius 3 is 2.65 bits per heavy atom. The molecule has 1 aromatic heterocycles. The first-order chi connectivity index (χ1) is 12.6. The molecular formula is C19H21N3O4. The molecule has 0 saturated carbocycles. The van der Waals surface area contributed by atoms with Crippen molar-refractivity contribution in [2.75, 3.05) is 39.4 Å². The number of carbonyl (C=O) groups is 2. The summed E-state index contributed by atoms with van der Waals surface area (Å²) in [5.74, 6) is -1.15. The van der Waals surface area contributed by atoms with E-state index in [-0.39, 0.29) is 11.5 Å². The van der Waals surface area contributed by atoms with Gasteiger partial charge in [0.15, 0.2) is 0 Å². The average molecular weight is 355 g/mol. The van der Waals surface area contributed by atoms with Crippen molar-refractivity contribution in [2.45, 2.75) is 0 Å². The van der Waals surface area contributed by atoms with Crippen molar-refractivity contribution in [3.8, 4) is 11.3 Å². The highest BCUT2D eigenvalue weighted by Gasteiger charge is 2.12. The first-order valence-electron chi connectivity index (χ1n) is 8.51. The largest absolute Gasteiger partial charge is 0.478 e. The summed E-state index contributed by atoms with van der Waals surface area (Å²) in [5, 5.41) is 11.9. The molecule has 2 heterocycles. The van der Waals surface area contributed by atoms with Crippen LogP contribution in [0.3, 0.4) is 0 Å². The molecule has 136 valence electrons. The standard InChI is InChI=1S/C19H21N3O4/c23-18(20-6-7-22-8-10-26-11-9-22)15-3-1-2-14(12-15)17-5-4-16(13-21-17)19(24)25/h1-5,12-13H,6-11H2,(H,20,23)(H,24,25). The van der Waals surface area contributed by atoms with Gasteiger partial charge in [-0.25, -0.2) is 4.79 Å². The number of hydrogen-bond donors (Lipinski definition) is 2. The van der Waals surface area contributed by atoms with Gasteiger partial charge in [-0.15, -0.1) is 0 Å². The van der Waals surface area contributed by atoms with E-state index in [0.717, 1.165) is 38.4 Å². The van der Waals surface area contributed by atoms with E-state index >= 15 is 0 Å². The molecule has 7 nitrogen and oxygen atoms in total. The van der Waals surface area contributed by atoms with Gasteiger partial charge in [-0.05, 0) is 24.3 Å². The van der Waals surface area contributed by atoms with Crippen LogP contribution >= 0.6 is 0 Å². The van der Waals surface area contributed by atoms with Crippen LogP contribution in [-0.2, 0) is 4.74 Å². The SMILES string of the molecule is O=C(O)c1ccc(-c2cccc(C(=O)NCCN3CCOCC3)c2)nc1. The van der Waals surface area contributed by atoms with Gasteiger partial charge in [0.2, 0.25) is 0 Å². The monoisotopic (exact) mass is 355 g/mol. The molecule has 0 spiro atoms. The van der Waals surface area contributed by atoms with Crippen LogP contribution in [0.25, 0.3) is 11.3 Å². The third-order valence-corrected chi connectivity index (χ3v) is 4.25. The van der Waals surface area contributed by atoms with Crippen LogP contribution in [0, 0.1) is 0 Å². The second kappa shape index (κ2) is 8.55. The van der Waals surface area contributed by atoms with Crippen LogP contribution in [0.5, 0.6) is 0 Å². The van der Waals surface area contributed by atoms with E-state index in [4.69, 9.17) is 9.84 Å². The highest BCUT2D eigenvalue weighted by atomic mass is 16.5. The Morgan fingerprint density at radius 1 is 1.15 bits per heavy atom. The van der Waals surface area contributed by atoms with E-state index in [0.29, 0.717) is 17.8 Å². The van der Waals surface area contributed by atoms with Crippen LogP contribution in [0.2, 0.25) is 0 Å². The molecular weight excluding hydrogens is 334 g/mol. The van der Waals surface area contributed by atoms with Crippen molar-refractivity contribution in [1.82, 2.24) is 15.2 Å². The lowest BCUT2D eigenvalue weighted by Crippen LogP contribution is -2.41. The van der Waals surface area contributed by atoms with Crippen molar-refractivity contribution < 1.29 is 19.4 Å². The molecule has 0 unspecified atom stereocenters. The van der Waals surface area contributed by atoms with Crippen molar-refractivity contribution in [2.24, 2.45) is 0 Å². The summed E-state index contributed by atoms with van der Waals surface area (Å²) < 4.78 is 5.30. The molecule has 0 bridgehead atoms. The first kappa shape index (κ1) is 18.0. The zero-order valence-electron chi connectivity index (χ0n) is 14.4. The normalized spacial score (nSPS) is 14.8. The predicted molar refractivity (Wildman–Crippen MR) is 96.2 cm³/mol. The molecule has 1 fully saturated rings. The highest BCUT2D eigenvalue weighted by Crippen LogP contribution is 2.18. The molecule has 1 aliphatic rings. The van der Waals surface area contributed by atoms with E-state index in [1.807, 2.05) is 6.07 Å². The van der Waals surface area contributed by atoms with E-state index in [1.165, 1.54) is 12.3 Å². The Kier molecular flexibility index (Phi) is 5.93. The number of rotatable bonds is 6. The second-order valence-corrected chi connectivity index (χ2v) is 6.03. The van der Waals surface area contributed by atoms with Crippen LogP contribution in [-0.4, -0.2) is 66.3 Å². The Hall–Kier alpha value is -2.77. The lowest BCUT2D eigenvalue weighted by molar-refractivity contribution is 0.0383. The summed E-state index contributed by atoms with van der Waals surface area (Å²) >= 11 is 0. The number of morpholine rings is 1. The molecule has 0 radical (unpaired) electrons. The average Bonchev–Trinajstić information content (AvgIpc) is 2.69. The number of aromatic carboxylic acids is 1. The van der Waals surface area contributed by atoms with Crippen LogP contribution < -0.4 is 5.32 Å². The number of benzene rings is 1. The summed E-state index contributed by atoms with van der Waals surface area (Å²) in [6, 6.07) is 10.3. The summed E-state index contributed by atoms with van der Waals surface area (Å²) in [6.45, 7) is 4.64. The molecule has 1 amide bonds. The molecule has 2 aromatic rings. The van der Waals surface area contributed by atoms with Gasteiger partial charge in [-0.2, -0.15) is 0 Å². The molecule has 7 heteroatoms. The Balaban J connectivity index is 1.60. The smallest absolute Gasteiger partial charge is 0.337 e. The zero-order chi connectivity index (χ0) is 18.4. The van der Waals surface area contributed by atoms with Gasteiger partial charge in [-0.1, -0.05) is 12.1 Å². The first-order valence-corrected chi connectivity index (χ1v) is 8.51. The van der Waals surface area contributed by atoms with Gasteiger partial charge < -0.3 is 15.2 Å². The molecule has 3 rings (SSSR count). The third kappa shape index (κ3) is 4.65. The molecule has 0 aliphatic carbocycles. The molecule has 26 heavy (non-hydrogen) atoms.